The second-order valence-corrected chi connectivity index (χ2v) is 6.01. The molecule has 1 aromatic heterocycles. The highest BCUT2D eigenvalue weighted by molar-refractivity contribution is 6.07. The zero-order chi connectivity index (χ0) is 19.1. The second-order valence-electron chi connectivity index (χ2n) is 6.01. The minimum atomic E-state index is -0.747. The molecule has 1 amide bonds. The lowest BCUT2D eigenvalue weighted by molar-refractivity contribution is 0.102. The van der Waals surface area contributed by atoms with Gasteiger partial charge in [0.05, 0.1) is 17.9 Å². The van der Waals surface area contributed by atoms with Crippen molar-refractivity contribution in [2.45, 2.75) is 39.5 Å². The molecule has 0 unspecified atom stereocenters. The predicted molar refractivity (Wildman–Crippen MR) is 97.3 cm³/mol. The maximum absolute atomic E-state index is 14.5. The zero-order valence-electron chi connectivity index (χ0n) is 14.9. The van der Waals surface area contributed by atoms with E-state index in [9.17, 15) is 13.6 Å². The normalized spacial score (nSPS) is 10.6. The van der Waals surface area contributed by atoms with Gasteiger partial charge in [-0.25, -0.2) is 9.37 Å². The van der Waals surface area contributed by atoms with Crippen LogP contribution in [0.1, 0.15) is 48.5 Å². The first-order valence-corrected chi connectivity index (χ1v) is 8.59. The van der Waals surface area contributed by atoms with E-state index in [1.807, 2.05) is 0 Å². The average molecular weight is 363 g/mol. The number of aryl methyl sites for hydroxylation is 1. The fourth-order valence-corrected chi connectivity index (χ4v) is 2.41. The number of rotatable bonds is 8. The number of nitrogens with two attached hydrogens (primary N) is 1. The maximum Gasteiger partial charge on any atom is 0.259 e. The van der Waals surface area contributed by atoms with E-state index in [1.165, 1.54) is 25.1 Å². The molecule has 0 aliphatic rings. The van der Waals surface area contributed by atoms with E-state index in [2.05, 4.69) is 17.2 Å². The number of nitrogens with one attached hydrogen (secondary N) is 1. The van der Waals surface area contributed by atoms with Gasteiger partial charge in [-0.05, 0) is 31.5 Å². The Bertz CT molecular complexity index is 782. The van der Waals surface area contributed by atoms with E-state index < -0.39 is 17.7 Å². The molecule has 0 saturated heterocycles. The summed E-state index contributed by atoms with van der Waals surface area (Å²) in [5, 5.41) is 2.43. The van der Waals surface area contributed by atoms with Gasteiger partial charge in [0.25, 0.3) is 5.91 Å². The first-order valence-electron chi connectivity index (χ1n) is 8.59. The number of carbonyl (C=O) groups excluding carboxylic acids is 1. The fraction of sp³-hybridized carbons (Fsp3) is 0.368. The number of nitrogen functional groups attached to an aromatic ring is 1. The minimum Gasteiger partial charge on any atom is -0.490 e. The third-order valence-electron chi connectivity index (χ3n) is 3.89. The van der Waals surface area contributed by atoms with Crippen LogP contribution in [0.5, 0.6) is 5.75 Å². The molecule has 0 aliphatic heterocycles. The van der Waals surface area contributed by atoms with Crippen molar-refractivity contribution in [3.8, 4) is 5.75 Å². The lowest BCUT2D eigenvalue weighted by atomic mass is 10.1. The van der Waals surface area contributed by atoms with E-state index in [1.54, 1.807) is 6.07 Å². The molecule has 0 radical (unpaired) electrons. The highest BCUT2D eigenvalue weighted by Crippen LogP contribution is 2.26. The summed E-state index contributed by atoms with van der Waals surface area (Å²) in [6, 6.07) is 5.77. The molecular formula is C19H23F2N3O2. The van der Waals surface area contributed by atoms with Crippen LogP contribution >= 0.6 is 0 Å². The number of unbranched alkanes of at least 4 members (excludes halogenated alkanes) is 3. The molecule has 0 atom stereocenters. The van der Waals surface area contributed by atoms with Crippen LogP contribution in [-0.4, -0.2) is 17.5 Å². The molecule has 26 heavy (non-hydrogen) atoms. The molecule has 1 aromatic carbocycles. The van der Waals surface area contributed by atoms with E-state index in [0.717, 1.165) is 25.7 Å². The summed E-state index contributed by atoms with van der Waals surface area (Å²) >= 11 is 0. The number of hydrogen-bond donors (Lipinski definition) is 2. The van der Waals surface area contributed by atoms with Crippen LogP contribution in [0.4, 0.5) is 20.3 Å². The van der Waals surface area contributed by atoms with Gasteiger partial charge >= 0.3 is 0 Å². The number of benzene rings is 1. The fourth-order valence-electron chi connectivity index (χ4n) is 2.41. The van der Waals surface area contributed by atoms with Crippen molar-refractivity contribution in [2.75, 3.05) is 17.7 Å². The Morgan fingerprint density at radius 1 is 1.27 bits per heavy atom. The number of carbonyl (C=O) groups is 1. The van der Waals surface area contributed by atoms with E-state index in [4.69, 9.17) is 10.5 Å². The quantitative estimate of drug-likeness (QED) is 0.536. The zero-order valence-corrected chi connectivity index (χ0v) is 14.9. The highest BCUT2D eigenvalue weighted by atomic mass is 19.1. The van der Waals surface area contributed by atoms with Crippen molar-refractivity contribution >= 4 is 17.4 Å². The first kappa shape index (κ1) is 19.6. The van der Waals surface area contributed by atoms with Gasteiger partial charge in [0.1, 0.15) is 5.82 Å². The molecule has 2 rings (SSSR count). The van der Waals surface area contributed by atoms with Gasteiger partial charge in [0.15, 0.2) is 11.6 Å². The Morgan fingerprint density at radius 3 is 2.77 bits per heavy atom. The molecule has 3 N–H and O–H groups in total. The Labute approximate surface area is 151 Å². The molecule has 0 saturated carbocycles. The molecule has 140 valence electrons. The molecule has 0 fully saturated rings. The molecule has 0 aliphatic carbocycles. The summed E-state index contributed by atoms with van der Waals surface area (Å²) in [7, 11) is 0. The van der Waals surface area contributed by atoms with Gasteiger partial charge in [0.2, 0.25) is 5.95 Å². The minimum absolute atomic E-state index is 0.0193. The summed E-state index contributed by atoms with van der Waals surface area (Å²) in [6.45, 7) is 3.98. The van der Waals surface area contributed by atoms with Gasteiger partial charge in [-0.3, -0.25) is 4.79 Å². The number of hydrogen-bond acceptors (Lipinski definition) is 4. The number of nitrogens with zero attached hydrogens (tertiary/aromatic N) is 1. The molecule has 1 heterocycles. The summed E-state index contributed by atoms with van der Waals surface area (Å²) in [5.74, 6) is -2.27. The third-order valence-corrected chi connectivity index (χ3v) is 3.89. The lowest BCUT2D eigenvalue weighted by Gasteiger charge is -2.12. The van der Waals surface area contributed by atoms with Gasteiger partial charge in [0, 0.05) is 5.56 Å². The first-order chi connectivity index (χ1) is 12.4. The number of aromatic nitrogens is 1. The van der Waals surface area contributed by atoms with Crippen LogP contribution in [0.15, 0.2) is 24.3 Å². The van der Waals surface area contributed by atoms with Gasteiger partial charge < -0.3 is 15.8 Å². The van der Waals surface area contributed by atoms with Gasteiger partial charge in [-0.15, -0.1) is 0 Å². The summed E-state index contributed by atoms with van der Waals surface area (Å²) in [5.41, 5.74) is 5.70. The summed E-state index contributed by atoms with van der Waals surface area (Å²) in [6.07, 6.45) is 4.07. The van der Waals surface area contributed by atoms with Crippen LogP contribution in [0.2, 0.25) is 0 Å². The standard InChI is InChI=1S/C19H23F2N3O2/c1-3-4-5-6-10-26-15-9-7-8-14(16(15)20)23-19(25)13-11-12(2)17(21)24-18(13)22/h7-9,11H,3-6,10H2,1-2H3,(H2,22,24)(H,23,25). The van der Waals surface area contributed by atoms with Crippen molar-refractivity contribution < 1.29 is 18.3 Å². The number of anilines is 2. The third kappa shape index (κ3) is 4.91. The van der Waals surface area contributed by atoms with Crippen molar-refractivity contribution in [2.24, 2.45) is 0 Å². The van der Waals surface area contributed by atoms with Crippen molar-refractivity contribution in [3.05, 3.63) is 47.2 Å². The van der Waals surface area contributed by atoms with Gasteiger partial charge in [-0.1, -0.05) is 32.3 Å². The molecule has 5 nitrogen and oxygen atoms in total. The van der Waals surface area contributed by atoms with Crippen LogP contribution in [-0.2, 0) is 0 Å². The Balaban J connectivity index is 2.08. The SMILES string of the molecule is CCCCCCOc1cccc(NC(=O)c2cc(C)c(F)nc2N)c1F. The molecule has 0 spiro atoms. The maximum atomic E-state index is 14.5. The van der Waals surface area contributed by atoms with E-state index in [-0.39, 0.29) is 28.4 Å². The Morgan fingerprint density at radius 2 is 2.04 bits per heavy atom. The lowest BCUT2D eigenvalue weighted by Crippen LogP contribution is -2.17. The summed E-state index contributed by atoms with van der Waals surface area (Å²) < 4.78 is 33.3. The Hall–Kier alpha value is -2.70. The summed E-state index contributed by atoms with van der Waals surface area (Å²) in [4.78, 5) is 15.8. The molecule has 0 bridgehead atoms. The largest absolute Gasteiger partial charge is 0.490 e. The average Bonchev–Trinajstić information content (AvgIpc) is 2.60. The van der Waals surface area contributed by atoms with Crippen LogP contribution < -0.4 is 15.8 Å². The van der Waals surface area contributed by atoms with E-state index >= 15 is 0 Å². The van der Waals surface area contributed by atoms with Crippen LogP contribution in [0.25, 0.3) is 0 Å². The monoisotopic (exact) mass is 363 g/mol. The smallest absolute Gasteiger partial charge is 0.259 e. The molecular weight excluding hydrogens is 340 g/mol. The van der Waals surface area contributed by atoms with E-state index in [0.29, 0.717) is 6.61 Å². The predicted octanol–water partition coefficient (Wildman–Crippen LogP) is 4.46. The van der Waals surface area contributed by atoms with Crippen molar-refractivity contribution in [3.63, 3.8) is 0 Å². The second kappa shape index (κ2) is 9.12. The number of amides is 1. The van der Waals surface area contributed by atoms with Crippen LogP contribution in [0.3, 0.4) is 0 Å². The number of ether oxygens (including phenoxy) is 1. The van der Waals surface area contributed by atoms with Crippen molar-refractivity contribution in [1.29, 1.82) is 0 Å². The van der Waals surface area contributed by atoms with Crippen LogP contribution in [0, 0.1) is 18.7 Å². The molecule has 7 heteroatoms. The topological polar surface area (TPSA) is 77.2 Å². The molecule has 2 aromatic rings. The van der Waals surface area contributed by atoms with Gasteiger partial charge in [-0.2, -0.15) is 4.39 Å². The number of halogens is 2. The van der Waals surface area contributed by atoms with Crippen molar-refractivity contribution in [1.82, 2.24) is 4.98 Å². The Kier molecular flexibility index (Phi) is 6.89. The highest BCUT2D eigenvalue weighted by Gasteiger charge is 2.17. The number of pyridine rings is 1.